The second kappa shape index (κ2) is 6.71. The molecule has 0 aliphatic carbocycles. The SMILES string of the molecule is COCOc1ccc2c(c1)OCC(c1ccc(OC)cc1)C2=O. The van der Waals surface area contributed by atoms with Crippen LogP contribution in [0.3, 0.4) is 0 Å². The van der Waals surface area contributed by atoms with Crippen molar-refractivity contribution in [1.29, 1.82) is 0 Å². The van der Waals surface area contributed by atoms with E-state index in [0.717, 1.165) is 11.3 Å². The zero-order valence-corrected chi connectivity index (χ0v) is 13.1. The summed E-state index contributed by atoms with van der Waals surface area (Å²) in [7, 11) is 3.17. The van der Waals surface area contributed by atoms with Gasteiger partial charge in [-0.2, -0.15) is 0 Å². The molecule has 0 saturated carbocycles. The van der Waals surface area contributed by atoms with E-state index in [-0.39, 0.29) is 18.5 Å². The lowest BCUT2D eigenvalue weighted by Crippen LogP contribution is -2.26. The van der Waals surface area contributed by atoms with Crippen LogP contribution < -0.4 is 14.2 Å². The molecular formula is C18H18O5. The maximum Gasteiger partial charge on any atom is 0.188 e. The number of methoxy groups -OCH3 is 2. The van der Waals surface area contributed by atoms with E-state index < -0.39 is 0 Å². The maximum absolute atomic E-state index is 12.7. The molecule has 0 aromatic heterocycles. The summed E-state index contributed by atoms with van der Waals surface area (Å²) in [5.41, 5.74) is 1.49. The van der Waals surface area contributed by atoms with Crippen LogP contribution in [0.4, 0.5) is 0 Å². The zero-order valence-electron chi connectivity index (χ0n) is 13.1. The van der Waals surface area contributed by atoms with Crippen molar-refractivity contribution in [1.82, 2.24) is 0 Å². The minimum Gasteiger partial charge on any atom is -0.497 e. The van der Waals surface area contributed by atoms with Crippen molar-refractivity contribution >= 4 is 5.78 Å². The summed E-state index contributed by atoms with van der Waals surface area (Å²) >= 11 is 0. The van der Waals surface area contributed by atoms with Gasteiger partial charge in [-0.15, -0.1) is 0 Å². The largest absolute Gasteiger partial charge is 0.497 e. The molecule has 1 atom stereocenters. The molecule has 0 spiro atoms. The van der Waals surface area contributed by atoms with Crippen LogP contribution in [0, 0.1) is 0 Å². The lowest BCUT2D eigenvalue weighted by atomic mass is 9.89. The Morgan fingerprint density at radius 2 is 1.83 bits per heavy atom. The van der Waals surface area contributed by atoms with Gasteiger partial charge in [-0.05, 0) is 29.8 Å². The lowest BCUT2D eigenvalue weighted by Gasteiger charge is -2.25. The highest BCUT2D eigenvalue weighted by Crippen LogP contribution is 2.35. The number of hydrogen-bond acceptors (Lipinski definition) is 5. The Morgan fingerprint density at radius 1 is 1.09 bits per heavy atom. The quantitative estimate of drug-likeness (QED) is 0.794. The molecule has 5 heteroatoms. The van der Waals surface area contributed by atoms with Gasteiger partial charge < -0.3 is 18.9 Å². The van der Waals surface area contributed by atoms with Crippen molar-refractivity contribution in [3.8, 4) is 17.2 Å². The molecule has 120 valence electrons. The van der Waals surface area contributed by atoms with Crippen molar-refractivity contribution in [2.24, 2.45) is 0 Å². The maximum atomic E-state index is 12.7. The van der Waals surface area contributed by atoms with E-state index in [4.69, 9.17) is 18.9 Å². The first-order chi connectivity index (χ1) is 11.2. The number of carbonyl (C=O) groups excluding carboxylic acids is 1. The fourth-order valence-electron chi connectivity index (χ4n) is 2.56. The van der Waals surface area contributed by atoms with Crippen LogP contribution in [0.1, 0.15) is 21.8 Å². The van der Waals surface area contributed by atoms with Crippen molar-refractivity contribution in [3.63, 3.8) is 0 Å². The van der Waals surface area contributed by atoms with Gasteiger partial charge in [0, 0.05) is 13.2 Å². The Bertz CT molecular complexity index is 693. The summed E-state index contributed by atoms with van der Waals surface area (Å²) in [5.74, 6) is 1.67. The summed E-state index contributed by atoms with van der Waals surface area (Å²) in [6, 6.07) is 12.7. The van der Waals surface area contributed by atoms with E-state index >= 15 is 0 Å². The third-order valence-electron chi connectivity index (χ3n) is 3.80. The number of carbonyl (C=O) groups is 1. The minimum absolute atomic E-state index is 0.0507. The van der Waals surface area contributed by atoms with E-state index in [1.165, 1.54) is 0 Å². The lowest BCUT2D eigenvalue weighted by molar-refractivity contribution is 0.0508. The molecule has 1 unspecified atom stereocenters. The van der Waals surface area contributed by atoms with Crippen molar-refractivity contribution < 1.29 is 23.7 Å². The van der Waals surface area contributed by atoms with Crippen LogP contribution in [0.15, 0.2) is 42.5 Å². The van der Waals surface area contributed by atoms with Gasteiger partial charge in [0.1, 0.15) is 23.9 Å². The van der Waals surface area contributed by atoms with E-state index in [1.807, 2.05) is 24.3 Å². The van der Waals surface area contributed by atoms with Crippen LogP contribution in [-0.2, 0) is 4.74 Å². The first-order valence-corrected chi connectivity index (χ1v) is 7.29. The molecule has 0 amide bonds. The second-order valence-corrected chi connectivity index (χ2v) is 5.21. The number of ketones is 1. The molecule has 0 N–H and O–H groups in total. The van der Waals surface area contributed by atoms with Gasteiger partial charge in [-0.3, -0.25) is 4.79 Å². The van der Waals surface area contributed by atoms with Crippen LogP contribution in [0.2, 0.25) is 0 Å². The number of hydrogen-bond donors (Lipinski definition) is 0. The Hall–Kier alpha value is -2.53. The monoisotopic (exact) mass is 314 g/mol. The number of benzene rings is 2. The molecule has 5 nitrogen and oxygen atoms in total. The first-order valence-electron chi connectivity index (χ1n) is 7.29. The second-order valence-electron chi connectivity index (χ2n) is 5.21. The number of rotatable bonds is 5. The van der Waals surface area contributed by atoms with E-state index in [2.05, 4.69) is 0 Å². The van der Waals surface area contributed by atoms with Crippen molar-refractivity contribution in [3.05, 3.63) is 53.6 Å². The minimum atomic E-state index is -0.306. The predicted octanol–water partition coefficient (Wildman–Crippen LogP) is 3.04. The molecular weight excluding hydrogens is 296 g/mol. The molecule has 0 radical (unpaired) electrons. The number of Topliss-reactive ketones (excluding diaryl/α,β-unsaturated/α-hetero) is 1. The van der Waals surface area contributed by atoms with Gasteiger partial charge in [0.15, 0.2) is 12.6 Å². The van der Waals surface area contributed by atoms with Crippen LogP contribution in [0.5, 0.6) is 17.2 Å². The fourth-order valence-corrected chi connectivity index (χ4v) is 2.56. The van der Waals surface area contributed by atoms with E-state index in [1.54, 1.807) is 32.4 Å². The molecule has 0 bridgehead atoms. The molecule has 0 fully saturated rings. The van der Waals surface area contributed by atoms with Crippen molar-refractivity contribution in [2.75, 3.05) is 27.6 Å². The summed E-state index contributed by atoms with van der Waals surface area (Å²) < 4.78 is 21.1. The number of fused-ring (bicyclic) bond motifs is 1. The highest BCUT2D eigenvalue weighted by Gasteiger charge is 2.30. The summed E-state index contributed by atoms with van der Waals surface area (Å²) in [6.45, 7) is 0.465. The van der Waals surface area contributed by atoms with Gasteiger partial charge in [0.25, 0.3) is 0 Å². The first kappa shape index (κ1) is 15.4. The zero-order chi connectivity index (χ0) is 16.2. The topological polar surface area (TPSA) is 54.0 Å². The van der Waals surface area contributed by atoms with Crippen LogP contribution in [0.25, 0.3) is 0 Å². The standard InChI is InChI=1S/C18H18O5/c1-20-11-23-14-7-8-15-17(9-14)22-10-16(18(15)19)12-3-5-13(21-2)6-4-12/h3-9,16H,10-11H2,1-2H3. The molecule has 1 aliphatic heterocycles. The van der Waals surface area contributed by atoms with E-state index in [0.29, 0.717) is 23.7 Å². The van der Waals surface area contributed by atoms with E-state index in [9.17, 15) is 4.79 Å². The molecule has 1 heterocycles. The summed E-state index contributed by atoms with van der Waals surface area (Å²) in [4.78, 5) is 12.7. The van der Waals surface area contributed by atoms with Gasteiger partial charge >= 0.3 is 0 Å². The predicted molar refractivity (Wildman–Crippen MR) is 84.5 cm³/mol. The molecule has 23 heavy (non-hydrogen) atoms. The van der Waals surface area contributed by atoms with Crippen LogP contribution in [-0.4, -0.2) is 33.4 Å². The average Bonchev–Trinajstić information content (AvgIpc) is 2.60. The van der Waals surface area contributed by atoms with Crippen LogP contribution >= 0.6 is 0 Å². The third-order valence-corrected chi connectivity index (χ3v) is 3.80. The molecule has 2 aromatic carbocycles. The highest BCUT2D eigenvalue weighted by molar-refractivity contribution is 6.04. The Balaban J connectivity index is 1.82. The highest BCUT2D eigenvalue weighted by atomic mass is 16.7. The van der Waals surface area contributed by atoms with Gasteiger partial charge in [0.05, 0.1) is 18.6 Å². The molecule has 3 rings (SSSR count). The normalized spacial score (nSPS) is 16.4. The Kier molecular flexibility index (Phi) is 4.48. The van der Waals surface area contributed by atoms with Gasteiger partial charge in [0.2, 0.25) is 0 Å². The Labute approximate surface area is 134 Å². The smallest absolute Gasteiger partial charge is 0.188 e. The average molecular weight is 314 g/mol. The summed E-state index contributed by atoms with van der Waals surface area (Å²) in [6.07, 6.45) is 0. The summed E-state index contributed by atoms with van der Waals surface area (Å²) in [5, 5.41) is 0. The van der Waals surface area contributed by atoms with Gasteiger partial charge in [-0.1, -0.05) is 12.1 Å². The fraction of sp³-hybridized carbons (Fsp3) is 0.278. The number of ether oxygens (including phenoxy) is 4. The molecule has 2 aromatic rings. The third kappa shape index (κ3) is 3.14. The van der Waals surface area contributed by atoms with Gasteiger partial charge in [-0.25, -0.2) is 0 Å². The Morgan fingerprint density at radius 3 is 2.52 bits per heavy atom. The molecule has 0 saturated heterocycles. The molecule has 1 aliphatic rings. The van der Waals surface area contributed by atoms with Crippen molar-refractivity contribution in [2.45, 2.75) is 5.92 Å².